The standard InChI is InChI=1S/C13H24N2O3/c1-4-9(2)10(3)14-13(18)15-7-5-6-11(8-15)12(16)17/h9-11H,4-8H2,1-3H3,(H,14,18)(H,16,17)/t9?,10?,11-/m0/s1. The summed E-state index contributed by atoms with van der Waals surface area (Å²) >= 11 is 0. The Hall–Kier alpha value is -1.26. The molecule has 5 heteroatoms. The van der Waals surface area contributed by atoms with Gasteiger partial charge in [-0.3, -0.25) is 4.79 Å². The van der Waals surface area contributed by atoms with Crippen molar-refractivity contribution in [2.24, 2.45) is 11.8 Å². The van der Waals surface area contributed by atoms with Crippen molar-refractivity contribution in [1.82, 2.24) is 10.2 Å². The van der Waals surface area contributed by atoms with Gasteiger partial charge in [-0.05, 0) is 25.7 Å². The van der Waals surface area contributed by atoms with E-state index < -0.39 is 11.9 Å². The number of nitrogens with zero attached hydrogens (tertiary/aromatic N) is 1. The van der Waals surface area contributed by atoms with Gasteiger partial charge >= 0.3 is 12.0 Å². The fraction of sp³-hybridized carbons (Fsp3) is 0.846. The Morgan fingerprint density at radius 3 is 2.67 bits per heavy atom. The van der Waals surface area contributed by atoms with Crippen LogP contribution in [0.5, 0.6) is 0 Å². The lowest BCUT2D eigenvalue weighted by Gasteiger charge is -2.32. The molecule has 104 valence electrons. The monoisotopic (exact) mass is 256 g/mol. The number of piperidine rings is 1. The van der Waals surface area contributed by atoms with E-state index in [4.69, 9.17) is 5.11 Å². The van der Waals surface area contributed by atoms with Crippen LogP contribution in [0.4, 0.5) is 4.79 Å². The largest absolute Gasteiger partial charge is 0.481 e. The first-order chi connectivity index (χ1) is 8.45. The number of nitrogens with one attached hydrogen (secondary N) is 1. The number of carbonyl (C=O) groups is 2. The number of carbonyl (C=O) groups excluding carboxylic acids is 1. The van der Waals surface area contributed by atoms with E-state index in [9.17, 15) is 9.59 Å². The van der Waals surface area contributed by atoms with Crippen LogP contribution in [0.25, 0.3) is 0 Å². The second-order valence-corrected chi connectivity index (χ2v) is 5.25. The van der Waals surface area contributed by atoms with Crippen molar-refractivity contribution in [2.45, 2.75) is 46.1 Å². The van der Waals surface area contributed by atoms with Gasteiger partial charge in [0, 0.05) is 19.1 Å². The second kappa shape index (κ2) is 6.61. The maximum atomic E-state index is 12.0. The highest BCUT2D eigenvalue weighted by Gasteiger charge is 2.28. The van der Waals surface area contributed by atoms with Gasteiger partial charge in [-0.25, -0.2) is 4.79 Å². The van der Waals surface area contributed by atoms with E-state index >= 15 is 0 Å². The van der Waals surface area contributed by atoms with E-state index in [1.807, 2.05) is 6.92 Å². The van der Waals surface area contributed by atoms with Gasteiger partial charge in [0.05, 0.1) is 5.92 Å². The molecule has 0 bridgehead atoms. The quantitative estimate of drug-likeness (QED) is 0.807. The third-order valence-electron chi connectivity index (χ3n) is 3.91. The van der Waals surface area contributed by atoms with Crippen LogP contribution in [0.2, 0.25) is 0 Å². The van der Waals surface area contributed by atoms with Crippen molar-refractivity contribution in [3.63, 3.8) is 0 Å². The maximum absolute atomic E-state index is 12.0. The number of likely N-dealkylation sites (tertiary alicyclic amines) is 1. The maximum Gasteiger partial charge on any atom is 0.317 e. The van der Waals surface area contributed by atoms with E-state index in [2.05, 4.69) is 19.2 Å². The first kappa shape index (κ1) is 14.8. The lowest BCUT2D eigenvalue weighted by molar-refractivity contribution is -0.143. The molecule has 0 spiro atoms. The number of hydrogen-bond donors (Lipinski definition) is 2. The molecule has 1 aliphatic rings. The molecule has 0 aromatic rings. The summed E-state index contributed by atoms with van der Waals surface area (Å²) in [4.78, 5) is 24.6. The van der Waals surface area contributed by atoms with Gasteiger partial charge in [-0.15, -0.1) is 0 Å². The molecule has 2 unspecified atom stereocenters. The third-order valence-corrected chi connectivity index (χ3v) is 3.91. The van der Waals surface area contributed by atoms with E-state index in [-0.39, 0.29) is 12.1 Å². The van der Waals surface area contributed by atoms with Crippen molar-refractivity contribution in [2.75, 3.05) is 13.1 Å². The minimum atomic E-state index is -0.803. The zero-order chi connectivity index (χ0) is 13.7. The molecule has 0 saturated carbocycles. The summed E-state index contributed by atoms with van der Waals surface area (Å²) in [5.74, 6) is -0.792. The first-order valence-corrected chi connectivity index (χ1v) is 6.74. The van der Waals surface area contributed by atoms with Crippen molar-refractivity contribution in [3.8, 4) is 0 Å². The molecule has 3 atom stereocenters. The molecule has 0 aromatic heterocycles. The van der Waals surface area contributed by atoms with E-state index in [0.717, 1.165) is 12.8 Å². The molecular formula is C13H24N2O3. The molecule has 5 nitrogen and oxygen atoms in total. The van der Waals surface area contributed by atoms with Crippen molar-refractivity contribution >= 4 is 12.0 Å². The van der Waals surface area contributed by atoms with Crippen LogP contribution in [0.3, 0.4) is 0 Å². The molecule has 0 aliphatic carbocycles. The Morgan fingerprint density at radius 1 is 1.44 bits per heavy atom. The van der Waals surface area contributed by atoms with Gasteiger partial charge in [0.2, 0.25) is 0 Å². The Morgan fingerprint density at radius 2 is 2.11 bits per heavy atom. The van der Waals surface area contributed by atoms with E-state index in [0.29, 0.717) is 25.4 Å². The number of hydrogen-bond acceptors (Lipinski definition) is 2. The lowest BCUT2D eigenvalue weighted by Crippen LogP contribution is -2.50. The summed E-state index contributed by atoms with van der Waals surface area (Å²) < 4.78 is 0. The SMILES string of the molecule is CCC(C)C(C)NC(=O)N1CCC[C@H](C(=O)O)C1. The van der Waals surface area contributed by atoms with Gasteiger partial charge in [0.15, 0.2) is 0 Å². The molecular weight excluding hydrogens is 232 g/mol. The summed E-state index contributed by atoms with van der Waals surface area (Å²) in [6.07, 6.45) is 2.45. The zero-order valence-electron chi connectivity index (χ0n) is 11.5. The Labute approximate surface area is 109 Å². The highest BCUT2D eigenvalue weighted by Crippen LogP contribution is 2.17. The van der Waals surface area contributed by atoms with Gasteiger partial charge in [-0.2, -0.15) is 0 Å². The average Bonchev–Trinajstić information content (AvgIpc) is 2.37. The van der Waals surface area contributed by atoms with Gasteiger partial charge in [0.25, 0.3) is 0 Å². The topological polar surface area (TPSA) is 69.6 Å². The normalized spacial score (nSPS) is 23.3. The lowest BCUT2D eigenvalue weighted by atomic mass is 9.98. The van der Waals surface area contributed by atoms with Crippen LogP contribution < -0.4 is 5.32 Å². The minimum Gasteiger partial charge on any atom is -0.481 e. The summed E-state index contributed by atoms with van der Waals surface area (Å²) in [6.45, 7) is 7.16. The highest BCUT2D eigenvalue weighted by molar-refractivity contribution is 5.76. The number of urea groups is 1. The molecule has 1 fully saturated rings. The van der Waals surface area contributed by atoms with E-state index in [1.54, 1.807) is 4.90 Å². The van der Waals surface area contributed by atoms with Crippen LogP contribution in [0.15, 0.2) is 0 Å². The Kier molecular flexibility index (Phi) is 5.44. The summed E-state index contributed by atoms with van der Waals surface area (Å²) in [7, 11) is 0. The number of carboxylic acid groups (broad SMARTS) is 1. The van der Waals surface area contributed by atoms with Crippen molar-refractivity contribution < 1.29 is 14.7 Å². The Bertz CT molecular complexity index is 307. The van der Waals surface area contributed by atoms with Crippen LogP contribution in [0.1, 0.15) is 40.0 Å². The number of carboxylic acids is 1. The molecule has 1 rings (SSSR count). The highest BCUT2D eigenvalue weighted by atomic mass is 16.4. The number of rotatable bonds is 4. The van der Waals surface area contributed by atoms with Crippen LogP contribution >= 0.6 is 0 Å². The molecule has 1 aliphatic heterocycles. The van der Waals surface area contributed by atoms with Gasteiger partial charge in [-0.1, -0.05) is 20.3 Å². The minimum absolute atomic E-state index is 0.118. The smallest absolute Gasteiger partial charge is 0.317 e. The van der Waals surface area contributed by atoms with Crippen LogP contribution in [0, 0.1) is 11.8 Å². The fourth-order valence-corrected chi connectivity index (χ4v) is 2.15. The predicted molar refractivity (Wildman–Crippen MR) is 69.4 cm³/mol. The molecule has 18 heavy (non-hydrogen) atoms. The second-order valence-electron chi connectivity index (χ2n) is 5.25. The summed E-state index contributed by atoms with van der Waals surface area (Å²) in [5, 5.41) is 11.9. The predicted octanol–water partition coefficient (Wildman–Crippen LogP) is 1.93. The van der Waals surface area contributed by atoms with Crippen molar-refractivity contribution in [3.05, 3.63) is 0 Å². The molecule has 2 amide bonds. The number of aliphatic carboxylic acids is 1. The van der Waals surface area contributed by atoms with E-state index in [1.165, 1.54) is 0 Å². The third kappa shape index (κ3) is 3.89. The number of amides is 2. The molecule has 2 N–H and O–H groups in total. The van der Waals surface area contributed by atoms with Gasteiger partial charge in [0.1, 0.15) is 0 Å². The summed E-state index contributed by atoms with van der Waals surface area (Å²) in [5.41, 5.74) is 0. The molecule has 1 heterocycles. The van der Waals surface area contributed by atoms with Gasteiger partial charge < -0.3 is 15.3 Å². The first-order valence-electron chi connectivity index (χ1n) is 6.74. The van der Waals surface area contributed by atoms with Crippen LogP contribution in [-0.2, 0) is 4.79 Å². The zero-order valence-corrected chi connectivity index (χ0v) is 11.5. The fourth-order valence-electron chi connectivity index (χ4n) is 2.15. The van der Waals surface area contributed by atoms with Crippen molar-refractivity contribution in [1.29, 1.82) is 0 Å². The summed E-state index contributed by atoms with van der Waals surface area (Å²) in [6, 6.07) is -0.0125. The molecule has 0 aromatic carbocycles. The van der Waals surface area contributed by atoms with Crippen LogP contribution in [-0.4, -0.2) is 41.1 Å². The molecule has 0 radical (unpaired) electrons. The Balaban J connectivity index is 2.48. The average molecular weight is 256 g/mol. The molecule has 1 saturated heterocycles.